The van der Waals surface area contributed by atoms with Gasteiger partial charge in [-0.2, -0.15) is 20.2 Å². The second kappa shape index (κ2) is 21.5. The van der Waals surface area contributed by atoms with Crippen LogP contribution >= 0.6 is 11.6 Å². The van der Waals surface area contributed by atoms with Crippen LogP contribution in [0, 0.1) is 0 Å². The van der Waals surface area contributed by atoms with E-state index in [2.05, 4.69) is 40.8 Å². The third kappa shape index (κ3) is 11.1. The molecule has 0 amide bonds. The molecule has 1 aliphatic heterocycles. The number of hydrogen-bond donors (Lipinski definition) is 2. The minimum absolute atomic E-state index is 0.363. The molecule has 0 unspecified atom stereocenters. The van der Waals surface area contributed by atoms with E-state index in [-0.39, 0.29) is 17.2 Å². The van der Waals surface area contributed by atoms with Crippen molar-refractivity contribution in [3.05, 3.63) is 126 Å². The van der Waals surface area contributed by atoms with Gasteiger partial charge in [0.15, 0.2) is 22.8 Å². The predicted molar refractivity (Wildman–Crippen MR) is 263 cm³/mol. The van der Waals surface area contributed by atoms with Crippen LogP contribution in [-0.2, 0) is 18.8 Å². The van der Waals surface area contributed by atoms with Gasteiger partial charge in [0.1, 0.15) is 24.3 Å². The lowest BCUT2D eigenvalue weighted by molar-refractivity contribution is 0.00578. The standard InChI is InChI=1S/C21H19N5O4.C14H19BO4.C13H12ClN5O2/c1-28-17-7-8-18(25-20(17)29-2)24-16-10-15(11-26-19(16)22-12-23-26)13-5-4-6-14(9-13)21(27)30-3;1-13(2)14(3,4)19-15(18-13)11-8-6-7-10(9-11)12(16)17-5;1-20-10-3-4-11(18-13(10)21-2)17-9-5-8(14)6-19-12(9)15-7-16-19/h4-12H,1-3H3,(H,24,25);6-9H,1-5H3;3-7H,1-2H3,(H,17,18). The summed E-state index contributed by atoms with van der Waals surface area (Å²) in [5.41, 5.74) is 5.32. The molecule has 0 aliphatic carbocycles. The minimum atomic E-state index is -0.463. The summed E-state index contributed by atoms with van der Waals surface area (Å²) >= 11 is 6.06. The van der Waals surface area contributed by atoms with Crippen molar-refractivity contribution >= 4 is 70.4 Å². The number of nitrogens with one attached hydrogen (secondary N) is 2. The number of nitrogens with zero attached hydrogens (tertiary/aromatic N) is 8. The van der Waals surface area contributed by atoms with Crippen LogP contribution in [0.1, 0.15) is 48.4 Å². The second-order valence-corrected chi connectivity index (χ2v) is 16.6. The average molecular weight is 973 g/mol. The summed E-state index contributed by atoms with van der Waals surface area (Å²) in [4.78, 5) is 40.7. The minimum Gasteiger partial charge on any atom is -0.491 e. The maximum absolute atomic E-state index is 11.9. The lowest BCUT2D eigenvalue weighted by Crippen LogP contribution is -2.41. The molecule has 0 atom stereocenters. The number of halogens is 1. The number of methoxy groups -OCH3 is 6. The van der Waals surface area contributed by atoms with Crippen LogP contribution in [0.2, 0.25) is 5.02 Å². The van der Waals surface area contributed by atoms with Crippen molar-refractivity contribution < 1.29 is 47.3 Å². The number of pyridine rings is 4. The Morgan fingerprint density at radius 3 is 1.61 bits per heavy atom. The number of aromatic nitrogens is 8. The van der Waals surface area contributed by atoms with Gasteiger partial charge in [-0.05, 0) is 99.4 Å². The summed E-state index contributed by atoms with van der Waals surface area (Å²) in [6.45, 7) is 7.99. The fraction of sp³-hybridized carbons (Fsp3) is 0.250. The summed E-state index contributed by atoms with van der Waals surface area (Å²) in [5.74, 6) is 2.22. The lowest BCUT2D eigenvalue weighted by atomic mass is 9.78. The van der Waals surface area contributed by atoms with Crippen molar-refractivity contribution in [2.45, 2.75) is 38.9 Å². The summed E-state index contributed by atoms with van der Waals surface area (Å²) in [6, 6.07) is 25.1. The van der Waals surface area contributed by atoms with Crippen LogP contribution < -0.4 is 35.0 Å². The summed E-state index contributed by atoms with van der Waals surface area (Å²) < 4.78 is 45.5. The van der Waals surface area contributed by atoms with E-state index >= 15 is 0 Å². The predicted octanol–water partition coefficient (Wildman–Crippen LogP) is 7.65. The zero-order valence-corrected chi connectivity index (χ0v) is 40.8. The monoisotopic (exact) mass is 972 g/mol. The molecule has 0 saturated carbocycles. The first-order chi connectivity index (χ1) is 33.6. The van der Waals surface area contributed by atoms with E-state index in [1.165, 1.54) is 41.1 Å². The number of rotatable bonds is 12. The summed E-state index contributed by atoms with van der Waals surface area (Å²) in [6.07, 6.45) is 6.44. The van der Waals surface area contributed by atoms with Crippen molar-refractivity contribution in [1.82, 2.24) is 39.2 Å². The molecule has 7 heterocycles. The Kier molecular flexibility index (Phi) is 15.3. The SMILES string of the molecule is COC(=O)c1cccc(-c2cc(Nc3ccc(OC)c(OC)n3)c3ncnn3c2)c1.COC(=O)c1cccc(B2OC(C)(C)C(C)(C)O2)c1.COc1ccc(Nc2cc(Cl)cn3ncnc23)nc1OC. The molecule has 362 valence electrons. The van der Waals surface area contributed by atoms with Gasteiger partial charge in [0.25, 0.3) is 11.8 Å². The molecule has 6 aromatic heterocycles. The smallest absolute Gasteiger partial charge is 0.491 e. The third-order valence-corrected chi connectivity index (χ3v) is 11.4. The molecule has 0 bridgehead atoms. The molecule has 0 radical (unpaired) electrons. The normalized spacial score (nSPS) is 13.3. The number of carbonyl (C=O) groups excluding carboxylic acids is 2. The first-order valence-electron chi connectivity index (χ1n) is 21.4. The van der Waals surface area contributed by atoms with Gasteiger partial charge >= 0.3 is 19.1 Å². The molecule has 20 nitrogen and oxygen atoms in total. The van der Waals surface area contributed by atoms with Crippen molar-refractivity contribution in [2.75, 3.05) is 53.3 Å². The van der Waals surface area contributed by atoms with Crippen LogP contribution in [-0.4, -0.2) is 112 Å². The van der Waals surface area contributed by atoms with Crippen LogP contribution in [0.4, 0.5) is 23.0 Å². The van der Waals surface area contributed by atoms with E-state index in [0.29, 0.717) is 73.7 Å². The maximum atomic E-state index is 11.9. The topological polar surface area (TPSA) is 218 Å². The molecule has 8 aromatic rings. The maximum Gasteiger partial charge on any atom is 0.494 e. The quantitative estimate of drug-likeness (QED) is 0.0887. The van der Waals surface area contributed by atoms with Gasteiger partial charge in [-0.3, -0.25) is 0 Å². The van der Waals surface area contributed by atoms with E-state index in [1.54, 1.807) is 96.2 Å². The summed E-state index contributed by atoms with van der Waals surface area (Å²) in [5, 5.41) is 15.2. The highest BCUT2D eigenvalue weighted by Gasteiger charge is 2.51. The first-order valence-corrected chi connectivity index (χ1v) is 21.8. The Labute approximate surface area is 408 Å². The molecule has 9 rings (SSSR count). The van der Waals surface area contributed by atoms with Gasteiger partial charge in [-0.15, -0.1) is 0 Å². The van der Waals surface area contributed by atoms with E-state index in [9.17, 15) is 9.59 Å². The lowest BCUT2D eigenvalue weighted by Gasteiger charge is -2.32. The number of esters is 2. The van der Waals surface area contributed by atoms with Gasteiger partial charge in [0.2, 0.25) is 0 Å². The number of hydrogen-bond acceptors (Lipinski definition) is 18. The van der Waals surface area contributed by atoms with Gasteiger partial charge in [-0.25, -0.2) is 28.6 Å². The zero-order valence-electron chi connectivity index (χ0n) is 40.0. The van der Waals surface area contributed by atoms with Gasteiger partial charge in [-0.1, -0.05) is 35.9 Å². The zero-order chi connectivity index (χ0) is 50.2. The van der Waals surface area contributed by atoms with Gasteiger partial charge in [0, 0.05) is 18.0 Å². The number of carbonyl (C=O) groups is 2. The number of benzene rings is 2. The van der Waals surface area contributed by atoms with Gasteiger partial charge in [0.05, 0.1) is 81.4 Å². The molecule has 1 aliphatic rings. The highest BCUT2D eigenvalue weighted by molar-refractivity contribution is 6.62. The molecule has 70 heavy (non-hydrogen) atoms. The van der Waals surface area contributed by atoms with Crippen molar-refractivity contribution in [3.63, 3.8) is 0 Å². The molecule has 1 saturated heterocycles. The molecule has 1 fully saturated rings. The Morgan fingerprint density at radius 1 is 0.600 bits per heavy atom. The largest absolute Gasteiger partial charge is 0.494 e. The molecule has 2 N–H and O–H groups in total. The van der Waals surface area contributed by atoms with Crippen LogP contribution in [0.15, 0.2) is 110 Å². The Morgan fingerprint density at radius 2 is 1.10 bits per heavy atom. The fourth-order valence-electron chi connectivity index (χ4n) is 6.89. The molecule has 0 spiro atoms. The van der Waals surface area contributed by atoms with Crippen LogP contribution in [0.25, 0.3) is 22.4 Å². The average Bonchev–Trinajstić information content (AvgIpc) is 4.11. The Bertz CT molecular complexity index is 3130. The molecule has 22 heteroatoms. The van der Waals surface area contributed by atoms with Crippen LogP contribution in [0.5, 0.6) is 23.3 Å². The van der Waals surface area contributed by atoms with E-state index in [4.69, 9.17) is 49.3 Å². The molecular weight excluding hydrogens is 923 g/mol. The highest BCUT2D eigenvalue weighted by atomic mass is 35.5. The van der Waals surface area contributed by atoms with Crippen molar-refractivity contribution in [2.24, 2.45) is 0 Å². The highest BCUT2D eigenvalue weighted by Crippen LogP contribution is 2.37. The Hall–Kier alpha value is -8.01. The van der Waals surface area contributed by atoms with Crippen molar-refractivity contribution in [1.29, 1.82) is 0 Å². The Balaban J connectivity index is 0.000000160. The van der Waals surface area contributed by atoms with E-state index in [1.807, 2.05) is 52.1 Å². The van der Waals surface area contributed by atoms with Gasteiger partial charge < -0.3 is 48.4 Å². The third-order valence-electron chi connectivity index (χ3n) is 11.2. The summed E-state index contributed by atoms with van der Waals surface area (Å²) in [7, 11) is 8.43. The van der Waals surface area contributed by atoms with Crippen molar-refractivity contribution in [3.8, 4) is 34.4 Å². The number of ether oxygens (including phenoxy) is 6. The number of fused-ring (bicyclic) bond motifs is 2. The second-order valence-electron chi connectivity index (χ2n) is 16.1. The molecule has 2 aromatic carbocycles. The van der Waals surface area contributed by atoms with E-state index < -0.39 is 13.1 Å². The van der Waals surface area contributed by atoms with Crippen LogP contribution in [0.3, 0.4) is 0 Å². The molecular formula is C48H50BClN10O10. The number of anilines is 4. The first kappa shape index (κ1) is 49.9. The van der Waals surface area contributed by atoms with E-state index in [0.717, 1.165) is 16.6 Å². The fourth-order valence-corrected chi connectivity index (χ4v) is 7.09.